The molecule has 0 saturated carbocycles. The molecule has 0 unspecified atom stereocenters. The minimum Gasteiger partial charge on any atom is -0.343 e. The fourth-order valence-electron chi connectivity index (χ4n) is 1.53. The van der Waals surface area contributed by atoms with Gasteiger partial charge in [0.15, 0.2) is 5.65 Å². The van der Waals surface area contributed by atoms with Crippen molar-refractivity contribution in [3.63, 3.8) is 0 Å². The first-order valence-corrected chi connectivity index (χ1v) is 5.11. The highest BCUT2D eigenvalue weighted by molar-refractivity contribution is 5.75. The smallest absolute Gasteiger partial charge is 0.343 e. The molecule has 2 aromatic heterocycles. The van der Waals surface area contributed by atoms with Crippen LogP contribution in [0.3, 0.4) is 0 Å². The van der Waals surface area contributed by atoms with Gasteiger partial charge in [-0.1, -0.05) is 20.8 Å². The zero-order valence-corrected chi connectivity index (χ0v) is 9.68. The Hall–Kier alpha value is -1.59. The quantitative estimate of drug-likeness (QED) is 0.771. The lowest BCUT2D eigenvalue weighted by Crippen LogP contribution is -2.16. The summed E-state index contributed by atoms with van der Waals surface area (Å²) in [6, 6.07) is 1.08. The Kier molecular flexibility index (Phi) is 2.41. The van der Waals surface area contributed by atoms with E-state index in [1.54, 1.807) is 0 Å². The van der Waals surface area contributed by atoms with E-state index in [0.29, 0.717) is 5.69 Å². The SMILES string of the molecule is CC(C)(C)c1cc(C(F)(F)F)c2[nH]cnc2n1. The number of pyridine rings is 1. The molecule has 6 heteroatoms. The number of hydrogen-bond donors (Lipinski definition) is 1. The van der Waals surface area contributed by atoms with Gasteiger partial charge >= 0.3 is 6.18 Å². The number of aromatic nitrogens is 3. The van der Waals surface area contributed by atoms with Crippen LogP contribution in [0.4, 0.5) is 13.2 Å². The van der Waals surface area contributed by atoms with Gasteiger partial charge in [-0.3, -0.25) is 0 Å². The highest BCUT2D eigenvalue weighted by atomic mass is 19.4. The molecule has 0 bridgehead atoms. The molecule has 0 aromatic carbocycles. The zero-order chi connectivity index (χ0) is 12.8. The highest BCUT2D eigenvalue weighted by Crippen LogP contribution is 2.35. The normalized spacial score (nSPS) is 13.3. The fraction of sp³-hybridized carbons (Fsp3) is 0.455. The summed E-state index contributed by atoms with van der Waals surface area (Å²) in [5.74, 6) is 0. The summed E-state index contributed by atoms with van der Waals surface area (Å²) in [6.45, 7) is 5.44. The van der Waals surface area contributed by atoms with Crippen molar-refractivity contribution in [2.24, 2.45) is 0 Å². The number of imidazole rings is 1. The largest absolute Gasteiger partial charge is 0.418 e. The van der Waals surface area contributed by atoms with E-state index in [1.165, 1.54) is 6.33 Å². The number of rotatable bonds is 0. The number of halogens is 3. The summed E-state index contributed by atoms with van der Waals surface area (Å²) in [5, 5.41) is 0. The Bertz CT molecular complexity index is 549. The molecule has 0 fully saturated rings. The Balaban J connectivity index is 2.76. The topological polar surface area (TPSA) is 41.6 Å². The second-order valence-corrected chi connectivity index (χ2v) is 4.90. The van der Waals surface area contributed by atoms with Crippen molar-refractivity contribution in [2.45, 2.75) is 32.4 Å². The molecule has 1 N–H and O–H groups in total. The van der Waals surface area contributed by atoms with Crippen molar-refractivity contribution >= 4 is 11.2 Å². The number of hydrogen-bond acceptors (Lipinski definition) is 2. The van der Waals surface area contributed by atoms with Gasteiger partial charge < -0.3 is 4.98 Å². The molecule has 0 saturated heterocycles. The lowest BCUT2D eigenvalue weighted by molar-refractivity contribution is -0.136. The molecule has 17 heavy (non-hydrogen) atoms. The van der Waals surface area contributed by atoms with Crippen molar-refractivity contribution in [1.82, 2.24) is 15.0 Å². The van der Waals surface area contributed by atoms with Crippen LogP contribution in [0.1, 0.15) is 32.0 Å². The molecule has 2 heterocycles. The maximum absolute atomic E-state index is 12.9. The Morgan fingerprint density at radius 2 is 1.82 bits per heavy atom. The average Bonchev–Trinajstić information content (AvgIpc) is 2.59. The molecule has 0 aliphatic carbocycles. The van der Waals surface area contributed by atoms with Gasteiger partial charge in [-0.15, -0.1) is 0 Å². The summed E-state index contributed by atoms with van der Waals surface area (Å²) < 4.78 is 38.7. The van der Waals surface area contributed by atoms with Crippen LogP contribution in [-0.4, -0.2) is 15.0 Å². The first-order valence-electron chi connectivity index (χ1n) is 5.11. The van der Waals surface area contributed by atoms with Gasteiger partial charge in [0.1, 0.15) is 0 Å². The number of nitrogens with one attached hydrogen (secondary N) is 1. The van der Waals surface area contributed by atoms with Gasteiger partial charge in [0.2, 0.25) is 0 Å². The summed E-state index contributed by atoms with van der Waals surface area (Å²) in [4.78, 5) is 10.4. The second-order valence-electron chi connectivity index (χ2n) is 4.90. The molecular formula is C11H12F3N3. The van der Waals surface area contributed by atoms with E-state index in [4.69, 9.17) is 0 Å². The molecule has 0 radical (unpaired) electrons. The predicted octanol–water partition coefficient (Wildman–Crippen LogP) is 3.27. The van der Waals surface area contributed by atoms with Crippen LogP contribution < -0.4 is 0 Å². The molecule has 92 valence electrons. The fourth-order valence-corrected chi connectivity index (χ4v) is 1.53. The first kappa shape index (κ1) is 11.9. The lowest BCUT2D eigenvalue weighted by atomic mass is 9.90. The van der Waals surface area contributed by atoms with Gasteiger partial charge in [-0.25, -0.2) is 9.97 Å². The second kappa shape index (κ2) is 3.45. The maximum Gasteiger partial charge on any atom is 0.418 e. The van der Waals surface area contributed by atoms with Crippen LogP contribution in [0.25, 0.3) is 11.2 Å². The van der Waals surface area contributed by atoms with Crippen molar-refractivity contribution in [1.29, 1.82) is 0 Å². The summed E-state index contributed by atoms with van der Waals surface area (Å²) in [7, 11) is 0. The molecule has 2 aromatic rings. The molecule has 0 atom stereocenters. The van der Waals surface area contributed by atoms with Gasteiger partial charge in [-0.2, -0.15) is 13.2 Å². The van der Waals surface area contributed by atoms with Crippen molar-refractivity contribution in [3.8, 4) is 0 Å². The minimum atomic E-state index is -4.41. The number of H-pyrrole nitrogens is 1. The first-order chi connectivity index (χ1) is 7.69. The predicted molar refractivity (Wildman–Crippen MR) is 57.6 cm³/mol. The number of alkyl halides is 3. The van der Waals surface area contributed by atoms with Crippen LogP contribution in [0, 0.1) is 0 Å². The van der Waals surface area contributed by atoms with Gasteiger partial charge in [0, 0.05) is 11.1 Å². The van der Waals surface area contributed by atoms with Crippen molar-refractivity contribution < 1.29 is 13.2 Å². The summed E-state index contributed by atoms with van der Waals surface area (Å²) in [5.41, 5.74) is -0.753. The third kappa shape index (κ3) is 2.11. The van der Waals surface area contributed by atoms with E-state index in [1.807, 2.05) is 20.8 Å². The molecule has 0 aliphatic rings. The maximum atomic E-state index is 12.9. The van der Waals surface area contributed by atoms with Gasteiger partial charge in [0.25, 0.3) is 0 Å². The van der Waals surface area contributed by atoms with Gasteiger partial charge in [0.05, 0.1) is 17.4 Å². The Labute approximate surface area is 96.1 Å². The van der Waals surface area contributed by atoms with Gasteiger partial charge in [-0.05, 0) is 6.07 Å². The highest BCUT2D eigenvalue weighted by Gasteiger charge is 2.35. The third-order valence-electron chi connectivity index (χ3n) is 2.47. The minimum absolute atomic E-state index is 0.0644. The Morgan fingerprint density at radius 3 is 2.35 bits per heavy atom. The average molecular weight is 243 g/mol. The molecule has 0 amide bonds. The monoisotopic (exact) mass is 243 g/mol. The summed E-state index contributed by atoms with van der Waals surface area (Å²) in [6.07, 6.45) is -3.19. The molecule has 0 spiro atoms. The summed E-state index contributed by atoms with van der Waals surface area (Å²) >= 11 is 0. The van der Waals surface area contributed by atoms with E-state index >= 15 is 0 Å². The number of fused-ring (bicyclic) bond motifs is 1. The molecular weight excluding hydrogens is 231 g/mol. The van der Waals surface area contributed by atoms with Crippen molar-refractivity contribution in [2.75, 3.05) is 0 Å². The zero-order valence-electron chi connectivity index (χ0n) is 9.68. The van der Waals surface area contributed by atoms with Crippen LogP contribution in [-0.2, 0) is 11.6 Å². The number of aromatic amines is 1. The molecule has 0 aliphatic heterocycles. The number of nitrogens with zero attached hydrogens (tertiary/aromatic N) is 2. The lowest BCUT2D eigenvalue weighted by Gasteiger charge is -2.19. The standard InChI is InChI=1S/C11H12F3N3/c1-10(2,3)7-4-6(11(12,13)14)8-9(17-7)16-5-15-8/h4-5H,1-3H3,(H,15,16,17). The van der Waals surface area contributed by atoms with Crippen LogP contribution in [0.5, 0.6) is 0 Å². The van der Waals surface area contributed by atoms with Crippen molar-refractivity contribution in [3.05, 3.63) is 23.7 Å². The van der Waals surface area contributed by atoms with E-state index < -0.39 is 17.2 Å². The Morgan fingerprint density at radius 1 is 1.18 bits per heavy atom. The molecule has 3 nitrogen and oxygen atoms in total. The van der Waals surface area contributed by atoms with Crippen LogP contribution in [0.2, 0.25) is 0 Å². The van der Waals surface area contributed by atoms with E-state index in [-0.39, 0.29) is 11.2 Å². The van der Waals surface area contributed by atoms with Crippen LogP contribution in [0.15, 0.2) is 12.4 Å². The van der Waals surface area contributed by atoms with Crippen LogP contribution >= 0.6 is 0 Å². The van der Waals surface area contributed by atoms with E-state index in [9.17, 15) is 13.2 Å². The third-order valence-corrected chi connectivity index (χ3v) is 2.47. The van der Waals surface area contributed by atoms with E-state index in [0.717, 1.165) is 6.07 Å². The van der Waals surface area contributed by atoms with E-state index in [2.05, 4.69) is 15.0 Å². The molecule has 2 rings (SSSR count).